The Balaban J connectivity index is 1.63. The van der Waals surface area contributed by atoms with E-state index in [0.717, 1.165) is 11.1 Å². The van der Waals surface area contributed by atoms with Gasteiger partial charge in [-0.2, -0.15) is 0 Å². The van der Waals surface area contributed by atoms with Gasteiger partial charge in [0.25, 0.3) is 0 Å². The first-order chi connectivity index (χ1) is 14.1. The van der Waals surface area contributed by atoms with Gasteiger partial charge < -0.3 is 23.7 Å². The van der Waals surface area contributed by atoms with Gasteiger partial charge in [-0.25, -0.2) is 4.79 Å². The SMILES string of the molecule is C=CCOc1ccc(/C=C/C(=O)OCc2cc(Cl)cc3c2OCOC3)cc1OC. The first-order valence-corrected chi connectivity index (χ1v) is 9.27. The topological polar surface area (TPSA) is 63.2 Å². The number of carbonyl (C=O) groups is 1. The molecule has 0 unspecified atom stereocenters. The molecular weight excluding hydrogens is 396 g/mol. The molecule has 7 heteroatoms. The normalized spacial score (nSPS) is 12.8. The van der Waals surface area contributed by atoms with Gasteiger partial charge >= 0.3 is 5.97 Å². The smallest absolute Gasteiger partial charge is 0.331 e. The quantitative estimate of drug-likeness (QED) is 0.358. The van der Waals surface area contributed by atoms with Gasteiger partial charge in [-0.15, -0.1) is 0 Å². The summed E-state index contributed by atoms with van der Waals surface area (Å²) in [5, 5.41) is 0.533. The van der Waals surface area contributed by atoms with Crippen molar-refractivity contribution in [1.29, 1.82) is 0 Å². The first kappa shape index (κ1) is 20.8. The van der Waals surface area contributed by atoms with Crippen molar-refractivity contribution in [3.8, 4) is 17.2 Å². The van der Waals surface area contributed by atoms with Gasteiger partial charge in [0.05, 0.1) is 13.7 Å². The van der Waals surface area contributed by atoms with Crippen LogP contribution >= 0.6 is 11.6 Å². The second-order valence-corrected chi connectivity index (χ2v) is 6.55. The standard InChI is InChI=1S/C22H21ClO6/c1-3-8-27-19-6-4-15(9-20(19)25-2)5-7-21(24)28-13-17-11-18(23)10-16-12-26-14-29-22(16)17/h3-7,9-11H,1,8,12-14H2,2H3/b7-5+. The van der Waals surface area contributed by atoms with Crippen LogP contribution in [-0.4, -0.2) is 26.5 Å². The Bertz CT molecular complexity index is 922. The average Bonchev–Trinajstić information content (AvgIpc) is 2.74. The number of rotatable bonds is 8. The number of hydrogen-bond acceptors (Lipinski definition) is 6. The summed E-state index contributed by atoms with van der Waals surface area (Å²) in [6.07, 6.45) is 4.64. The van der Waals surface area contributed by atoms with Crippen LogP contribution in [-0.2, 0) is 27.5 Å². The Hall–Kier alpha value is -2.96. The number of ether oxygens (including phenoxy) is 5. The Morgan fingerprint density at radius 3 is 2.93 bits per heavy atom. The van der Waals surface area contributed by atoms with Gasteiger partial charge in [0, 0.05) is 22.2 Å². The summed E-state index contributed by atoms with van der Waals surface area (Å²) in [7, 11) is 1.55. The van der Waals surface area contributed by atoms with E-state index in [4.69, 9.17) is 35.3 Å². The zero-order chi connectivity index (χ0) is 20.6. The molecule has 0 amide bonds. The summed E-state index contributed by atoms with van der Waals surface area (Å²) in [6.45, 7) is 4.60. The van der Waals surface area contributed by atoms with Crippen LogP contribution < -0.4 is 14.2 Å². The highest BCUT2D eigenvalue weighted by Crippen LogP contribution is 2.32. The monoisotopic (exact) mass is 416 g/mol. The number of methoxy groups -OCH3 is 1. The molecule has 152 valence electrons. The van der Waals surface area contributed by atoms with Crippen molar-refractivity contribution in [2.75, 3.05) is 20.5 Å². The lowest BCUT2D eigenvalue weighted by Gasteiger charge is -2.20. The van der Waals surface area contributed by atoms with Crippen LogP contribution in [0.2, 0.25) is 5.02 Å². The number of hydrogen-bond donors (Lipinski definition) is 0. The van der Waals surface area contributed by atoms with E-state index in [1.165, 1.54) is 6.08 Å². The van der Waals surface area contributed by atoms with Gasteiger partial charge in [0.2, 0.25) is 0 Å². The van der Waals surface area contributed by atoms with Crippen molar-refractivity contribution in [2.45, 2.75) is 13.2 Å². The number of halogens is 1. The Morgan fingerprint density at radius 1 is 1.28 bits per heavy atom. The van der Waals surface area contributed by atoms with Crippen LogP contribution in [0.1, 0.15) is 16.7 Å². The highest BCUT2D eigenvalue weighted by atomic mass is 35.5. The Kier molecular flexibility index (Phi) is 7.16. The lowest BCUT2D eigenvalue weighted by atomic mass is 10.1. The highest BCUT2D eigenvalue weighted by molar-refractivity contribution is 6.30. The van der Waals surface area contributed by atoms with Gasteiger partial charge in [-0.05, 0) is 35.9 Å². The predicted octanol–water partition coefficient (Wildman–Crippen LogP) is 4.54. The second kappa shape index (κ2) is 10.0. The molecule has 0 saturated heterocycles. The van der Waals surface area contributed by atoms with Gasteiger partial charge in [-0.3, -0.25) is 0 Å². The van der Waals surface area contributed by atoms with Crippen LogP contribution in [0.3, 0.4) is 0 Å². The van der Waals surface area contributed by atoms with Crippen LogP contribution in [0, 0.1) is 0 Å². The van der Waals surface area contributed by atoms with Crippen molar-refractivity contribution < 1.29 is 28.5 Å². The van der Waals surface area contributed by atoms with Crippen LogP contribution in [0.25, 0.3) is 6.08 Å². The minimum atomic E-state index is -0.489. The number of fused-ring (bicyclic) bond motifs is 1. The molecule has 0 radical (unpaired) electrons. The molecular formula is C22H21ClO6. The number of esters is 1. The Labute approximate surface area is 174 Å². The zero-order valence-electron chi connectivity index (χ0n) is 16.0. The molecule has 29 heavy (non-hydrogen) atoms. The fourth-order valence-corrected chi connectivity index (χ4v) is 3.04. The fourth-order valence-electron chi connectivity index (χ4n) is 2.78. The van der Waals surface area contributed by atoms with E-state index in [-0.39, 0.29) is 13.4 Å². The molecule has 6 nitrogen and oxygen atoms in total. The van der Waals surface area contributed by atoms with Crippen molar-refractivity contribution in [1.82, 2.24) is 0 Å². The maximum absolute atomic E-state index is 12.1. The molecule has 0 atom stereocenters. The highest BCUT2D eigenvalue weighted by Gasteiger charge is 2.17. The molecule has 2 aromatic rings. The van der Waals surface area contributed by atoms with Gasteiger partial charge in [0.15, 0.2) is 18.3 Å². The summed E-state index contributed by atoms with van der Waals surface area (Å²) < 4.78 is 26.9. The summed E-state index contributed by atoms with van der Waals surface area (Å²) in [5.41, 5.74) is 2.30. The summed E-state index contributed by atoms with van der Waals surface area (Å²) in [5.74, 6) is 1.32. The largest absolute Gasteiger partial charge is 0.493 e. The molecule has 1 aliphatic heterocycles. The maximum atomic E-state index is 12.1. The molecule has 0 aromatic heterocycles. The van der Waals surface area contributed by atoms with E-state index < -0.39 is 5.97 Å². The van der Waals surface area contributed by atoms with Crippen LogP contribution in [0.5, 0.6) is 17.2 Å². The zero-order valence-corrected chi connectivity index (χ0v) is 16.7. The van der Waals surface area contributed by atoms with E-state index in [0.29, 0.717) is 41.0 Å². The summed E-state index contributed by atoms with van der Waals surface area (Å²) in [4.78, 5) is 12.1. The molecule has 2 aromatic carbocycles. The molecule has 1 aliphatic rings. The third-order valence-electron chi connectivity index (χ3n) is 4.08. The van der Waals surface area contributed by atoms with Crippen LogP contribution in [0.4, 0.5) is 0 Å². The van der Waals surface area contributed by atoms with Crippen molar-refractivity contribution >= 4 is 23.6 Å². The van der Waals surface area contributed by atoms with E-state index in [2.05, 4.69) is 6.58 Å². The third-order valence-corrected chi connectivity index (χ3v) is 4.30. The molecule has 0 N–H and O–H groups in total. The van der Waals surface area contributed by atoms with E-state index in [1.807, 2.05) is 6.07 Å². The van der Waals surface area contributed by atoms with Gasteiger partial charge in [0.1, 0.15) is 19.0 Å². The lowest BCUT2D eigenvalue weighted by molar-refractivity contribution is -0.139. The van der Waals surface area contributed by atoms with Crippen LogP contribution in [0.15, 0.2) is 49.1 Å². The molecule has 0 spiro atoms. The Morgan fingerprint density at radius 2 is 2.14 bits per heavy atom. The minimum Gasteiger partial charge on any atom is -0.493 e. The molecule has 0 aliphatic carbocycles. The van der Waals surface area contributed by atoms with E-state index >= 15 is 0 Å². The number of benzene rings is 2. The third kappa shape index (κ3) is 5.53. The van der Waals surface area contributed by atoms with Crippen molar-refractivity contribution in [2.24, 2.45) is 0 Å². The molecule has 0 bridgehead atoms. The molecule has 3 rings (SSSR count). The number of carbonyl (C=O) groups excluding carboxylic acids is 1. The average molecular weight is 417 g/mol. The van der Waals surface area contributed by atoms with Crippen molar-refractivity contribution in [3.05, 3.63) is 70.8 Å². The minimum absolute atomic E-state index is 0.0454. The molecule has 0 saturated carbocycles. The fraction of sp³-hybridized carbons (Fsp3) is 0.227. The summed E-state index contributed by atoms with van der Waals surface area (Å²) >= 11 is 6.12. The first-order valence-electron chi connectivity index (χ1n) is 8.89. The second-order valence-electron chi connectivity index (χ2n) is 6.11. The van der Waals surface area contributed by atoms with E-state index in [9.17, 15) is 4.79 Å². The van der Waals surface area contributed by atoms with Gasteiger partial charge in [-0.1, -0.05) is 30.3 Å². The van der Waals surface area contributed by atoms with E-state index in [1.54, 1.807) is 43.5 Å². The predicted molar refractivity (Wildman–Crippen MR) is 109 cm³/mol. The van der Waals surface area contributed by atoms with Crippen molar-refractivity contribution in [3.63, 3.8) is 0 Å². The molecule has 0 fully saturated rings. The maximum Gasteiger partial charge on any atom is 0.331 e. The molecule has 1 heterocycles. The lowest BCUT2D eigenvalue weighted by Crippen LogP contribution is -2.14. The summed E-state index contributed by atoms with van der Waals surface area (Å²) in [6, 6.07) is 8.84.